The fourth-order valence-electron chi connectivity index (χ4n) is 3.01. The third-order valence-corrected chi connectivity index (χ3v) is 5.37. The van der Waals surface area contributed by atoms with Crippen LogP contribution in [0.1, 0.15) is 26.5 Å². The molecule has 0 atom stereocenters. The highest BCUT2D eigenvalue weighted by molar-refractivity contribution is 7.17. The molecule has 1 N–H and O–H groups in total. The van der Waals surface area contributed by atoms with E-state index in [2.05, 4.69) is 33.5 Å². The Bertz CT molecular complexity index is 907. The monoisotopic (exact) mass is 350 g/mol. The van der Waals surface area contributed by atoms with Crippen LogP contribution in [0.5, 0.6) is 0 Å². The molecule has 1 amide bonds. The predicted molar refractivity (Wildman–Crippen MR) is 99.3 cm³/mol. The zero-order valence-corrected chi connectivity index (χ0v) is 14.7. The van der Waals surface area contributed by atoms with Crippen LogP contribution >= 0.6 is 11.3 Å². The highest BCUT2D eigenvalue weighted by Crippen LogP contribution is 2.28. The first kappa shape index (κ1) is 15.8. The van der Waals surface area contributed by atoms with Gasteiger partial charge in [-0.3, -0.25) is 4.79 Å². The van der Waals surface area contributed by atoms with Crippen LogP contribution in [0.2, 0.25) is 0 Å². The summed E-state index contributed by atoms with van der Waals surface area (Å²) in [5, 5.41) is 3.86. The topological polar surface area (TPSA) is 58.1 Å². The van der Waals surface area contributed by atoms with Gasteiger partial charge in [0.2, 0.25) is 0 Å². The molecule has 6 heteroatoms. The number of nitrogens with zero attached hydrogens (tertiary/aromatic N) is 3. The van der Waals surface area contributed by atoms with Gasteiger partial charge in [-0.1, -0.05) is 41.7 Å². The van der Waals surface area contributed by atoms with E-state index in [1.807, 2.05) is 36.1 Å². The number of hydrogen-bond donors (Lipinski definition) is 1. The van der Waals surface area contributed by atoms with Crippen LogP contribution in [-0.4, -0.2) is 27.3 Å². The molecule has 0 saturated heterocycles. The zero-order chi connectivity index (χ0) is 17.2. The number of benzene rings is 1. The van der Waals surface area contributed by atoms with Gasteiger partial charge in [-0.2, -0.15) is 0 Å². The molecule has 25 heavy (non-hydrogen) atoms. The first-order valence-corrected chi connectivity index (χ1v) is 9.04. The largest absolute Gasteiger partial charge is 0.333 e. The Balaban J connectivity index is 1.53. The predicted octanol–water partition coefficient (Wildman–Crippen LogP) is 3.79. The van der Waals surface area contributed by atoms with Gasteiger partial charge in [0.05, 0.1) is 5.69 Å². The lowest BCUT2D eigenvalue weighted by atomic mass is 10.00. The first-order valence-electron chi connectivity index (χ1n) is 8.22. The number of anilines is 2. The molecule has 4 rings (SSSR count). The number of aromatic nitrogens is 2. The molecule has 1 aliphatic heterocycles. The summed E-state index contributed by atoms with van der Waals surface area (Å²) in [7, 11) is 0. The van der Waals surface area contributed by atoms with Gasteiger partial charge in [0.25, 0.3) is 5.91 Å². The minimum Gasteiger partial charge on any atom is -0.333 e. The van der Waals surface area contributed by atoms with Crippen LogP contribution in [0, 0.1) is 6.92 Å². The second-order valence-corrected chi connectivity index (χ2v) is 7.02. The Morgan fingerprint density at radius 2 is 1.96 bits per heavy atom. The molecule has 1 aliphatic rings. The van der Waals surface area contributed by atoms with Gasteiger partial charge in [0.15, 0.2) is 5.13 Å². The number of rotatable bonds is 3. The van der Waals surface area contributed by atoms with E-state index in [0.717, 1.165) is 24.5 Å². The molecule has 0 unspecified atom stereocenters. The van der Waals surface area contributed by atoms with Crippen LogP contribution in [-0.2, 0) is 13.0 Å². The van der Waals surface area contributed by atoms with Gasteiger partial charge in [0, 0.05) is 19.3 Å². The molecule has 0 aliphatic carbocycles. The Morgan fingerprint density at radius 1 is 1.16 bits per heavy atom. The van der Waals surface area contributed by atoms with Crippen molar-refractivity contribution in [1.82, 2.24) is 14.9 Å². The number of nitrogens with one attached hydrogen (secondary N) is 1. The van der Waals surface area contributed by atoms with E-state index in [-0.39, 0.29) is 5.91 Å². The van der Waals surface area contributed by atoms with Gasteiger partial charge in [-0.15, -0.1) is 0 Å². The zero-order valence-electron chi connectivity index (χ0n) is 13.9. The summed E-state index contributed by atoms with van der Waals surface area (Å²) in [6.07, 6.45) is 2.62. The van der Waals surface area contributed by atoms with E-state index in [4.69, 9.17) is 0 Å². The summed E-state index contributed by atoms with van der Waals surface area (Å²) in [6, 6.07) is 14.0. The standard InChI is InChI=1S/C19H18N4OS/c1-13-17(25-19(21-13)22-16-8-4-5-10-20-16)18(24)23-11-9-14-6-2-3-7-15(14)12-23/h2-8,10H,9,11-12H2,1H3,(H,20,21,22). The molecule has 126 valence electrons. The SMILES string of the molecule is Cc1nc(Nc2ccccn2)sc1C(=O)N1CCc2ccccc2C1. The molecule has 0 radical (unpaired) electrons. The number of fused-ring (bicyclic) bond motifs is 1. The van der Waals surface area contributed by atoms with Crippen molar-refractivity contribution in [3.8, 4) is 0 Å². The maximum atomic E-state index is 12.9. The van der Waals surface area contributed by atoms with Gasteiger partial charge >= 0.3 is 0 Å². The van der Waals surface area contributed by atoms with Crippen molar-refractivity contribution in [2.24, 2.45) is 0 Å². The van der Waals surface area contributed by atoms with Crippen LogP contribution in [0.4, 0.5) is 10.9 Å². The van der Waals surface area contributed by atoms with Crippen molar-refractivity contribution in [2.45, 2.75) is 19.9 Å². The molecule has 1 aromatic carbocycles. The minimum absolute atomic E-state index is 0.0542. The summed E-state index contributed by atoms with van der Waals surface area (Å²) < 4.78 is 0. The normalized spacial score (nSPS) is 13.4. The molecule has 0 bridgehead atoms. The fourth-order valence-corrected chi connectivity index (χ4v) is 3.95. The van der Waals surface area contributed by atoms with Crippen LogP contribution in [0.25, 0.3) is 0 Å². The molecule has 5 nitrogen and oxygen atoms in total. The molecular weight excluding hydrogens is 332 g/mol. The molecule has 0 saturated carbocycles. The van der Waals surface area contributed by atoms with E-state index >= 15 is 0 Å². The number of hydrogen-bond acceptors (Lipinski definition) is 5. The third-order valence-electron chi connectivity index (χ3n) is 4.31. The summed E-state index contributed by atoms with van der Waals surface area (Å²) >= 11 is 1.38. The molecule has 2 aromatic heterocycles. The summed E-state index contributed by atoms with van der Waals surface area (Å²) in [5.41, 5.74) is 3.33. The highest BCUT2D eigenvalue weighted by Gasteiger charge is 2.25. The second-order valence-electron chi connectivity index (χ2n) is 6.02. The van der Waals surface area contributed by atoms with Crippen LogP contribution < -0.4 is 5.32 Å². The quantitative estimate of drug-likeness (QED) is 0.781. The first-order chi connectivity index (χ1) is 12.2. The van der Waals surface area contributed by atoms with E-state index in [1.54, 1.807) is 6.20 Å². The van der Waals surface area contributed by atoms with Crippen molar-refractivity contribution in [2.75, 3.05) is 11.9 Å². The average Bonchev–Trinajstić information content (AvgIpc) is 3.01. The maximum absolute atomic E-state index is 12.9. The van der Waals surface area contributed by atoms with Crippen molar-refractivity contribution >= 4 is 28.2 Å². The lowest BCUT2D eigenvalue weighted by Gasteiger charge is -2.28. The van der Waals surface area contributed by atoms with E-state index in [1.165, 1.54) is 22.5 Å². The Labute approximate surface area is 150 Å². The van der Waals surface area contributed by atoms with E-state index in [0.29, 0.717) is 16.6 Å². The summed E-state index contributed by atoms with van der Waals surface area (Å²) in [4.78, 5) is 24.3. The number of thiazole rings is 1. The van der Waals surface area contributed by atoms with Crippen molar-refractivity contribution in [3.63, 3.8) is 0 Å². The van der Waals surface area contributed by atoms with Crippen molar-refractivity contribution < 1.29 is 4.79 Å². The van der Waals surface area contributed by atoms with Crippen LogP contribution in [0.3, 0.4) is 0 Å². The Hall–Kier alpha value is -2.73. The minimum atomic E-state index is 0.0542. The molecule has 3 heterocycles. The Morgan fingerprint density at radius 3 is 2.76 bits per heavy atom. The number of aryl methyl sites for hydroxylation is 1. The van der Waals surface area contributed by atoms with Crippen LogP contribution in [0.15, 0.2) is 48.7 Å². The fraction of sp³-hybridized carbons (Fsp3) is 0.211. The second kappa shape index (κ2) is 6.64. The van der Waals surface area contributed by atoms with E-state index in [9.17, 15) is 4.79 Å². The van der Waals surface area contributed by atoms with Crippen molar-refractivity contribution in [1.29, 1.82) is 0 Å². The number of carbonyl (C=O) groups excluding carboxylic acids is 1. The third kappa shape index (κ3) is 3.25. The van der Waals surface area contributed by atoms with Gasteiger partial charge in [-0.25, -0.2) is 9.97 Å². The average molecular weight is 350 g/mol. The number of pyridine rings is 1. The molecule has 3 aromatic rings. The maximum Gasteiger partial charge on any atom is 0.266 e. The molecule has 0 spiro atoms. The van der Waals surface area contributed by atoms with Gasteiger partial charge < -0.3 is 10.2 Å². The molecule has 0 fully saturated rings. The summed E-state index contributed by atoms with van der Waals surface area (Å²) in [6.45, 7) is 3.29. The number of carbonyl (C=O) groups is 1. The number of amides is 1. The lowest BCUT2D eigenvalue weighted by molar-refractivity contribution is 0.0738. The lowest BCUT2D eigenvalue weighted by Crippen LogP contribution is -2.35. The van der Waals surface area contributed by atoms with E-state index < -0.39 is 0 Å². The smallest absolute Gasteiger partial charge is 0.266 e. The Kier molecular flexibility index (Phi) is 4.19. The summed E-state index contributed by atoms with van der Waals surface area (Å²) in [5.74, 6) is 0.778. The highest BCUT2D eigenvalue weighted by atomic mass is 32.1. The van der Waals surface area contributed by atoms with Gasteiger partial charge in [0.1, 0.15) is 10.7 Å². The van der Waals surface area contributed by atoms with Crippen molar-refractivity contribution in [3.05, 3.63) is 70.4 Å². The van der Waals surface area contributed by atoms with Gasteiger partial charge in [-0.05, 0) is 36.6 Å². The molecular formula is C19H18N4OS.